The fraction of sp³-hybridized carbons (Fsp3) is 0.538. The van der Waals surface area contributed by atoms with Crippen molar-refractivity contribution in [1.82, 2.24) is 4.68 Å². The lowest BCUT2D eigenvalue weighted by Gasteiger charge is -2.44. The average Bonchev–Trinajstić information content (AvgIpc) is 3.05. The van der Waals surface area contributed by atoms with E-state index in [2.05, 4.69) is 18.9 Å². The molecule has 2 aliphatic heterocycles. The summed E-state index contributed by atoms with van der Waals surface area (Å²) in [6.07, 6.45) is 4.04. The van der Waals surface area contributed by atoms with Gasteiger partial charge in [0, 0.05) is 38.0 Å². The number of ether oxygens (including phenoxy) is 3. The minimum Gasteiger partial charge on any atom is -0.490 e. The second-order valence-corrected chi connectivity index (χ2v) is 10.6. The van der Waals surface area contributed by atoms with Crippen molar-refractivity contribution in [3.63, 3.8) is 0 Å². The normalized spacial score (nSPS) is 18.2. The molecule has 2 aliphatic rings. The van der Waals surface area contributed by atoms with E-state index >= 15 is 0 Å². The van der Waals surface area contributed by atoms with Crippen LogP contribution < -0.4 is 19.9 Å². The Hall–Kier alpha value is -3.00. The second-order valence-electron chi connectivity index (χ2n) is 10.6. The zero-order valence-electron chi connectivity index (χ0n) is 20.8. The van der Waals surface area contributed by atoms with E-state index in [0.29, 0.717) is 30.4 Å². The molecule has 0 bridgehead atoms. The van der Waals surface area contributed by atoms with Crippen LogP contribution in [0.5, 0.6) is 11.5 Å². The molecule has 0 unspecified atom stereocenters. The molecule has 184 valence electrons. The summed E-state index contributed by atoms with van der Waals surface area (Å²) < 4.78 is 19.4. The molecule has 8 nitrogen and oxygen atoms in total. The smallest absolute Gasteiger partial charge is 0.341 e. The maximum absolute atomic E-state index is 12.7. The van der Waals surface area contributed by atoms with Gasteiger partial charge in [0.2, 0.25) is 0 Å². The predicted octanol–water partition coefficient (Wildman–Crippen LogP) is 4.37. The van der Waals surface area contributed by atoms with Crippen molar-refractivity contribution in [3.8, 4) is 22.8 Å². The quantitative estimate of drug-likeness (QED) is 0.601. The van der Waals surface area contributed by atoms with Gasteiger partial charge in [-0.3, -0.25) is 14.5 Å². The molecule has 1 aromatic carbocycles. The van der Waals surface area contributed by atoms with E-state index in [-0.39, 0.29) is 17.1 Å². The lowest BCUT2D eigenvalue weighted by atomic mass is 9.93. The molecule has 34 heavy (non-hydrogen) atoms. The topological polar surface area (TPSA) is 90.2 Å². The number of benzene rings is 1. The molecular formula is C26H34N2O6. The fourth-order valence-corrected chi connectivity index (χ4v) is 4.92. The van der Waals surface area contributed by atoms with Gasteiger partial charge in [0.25, 0.3) is 0 Å². The lowest BCUT2D eigenvalue weighted by molar-refractivity contribution is 0.0694. The summed E-state index contributed by atoms with van der Waals surface area (Å²) in [5.74, 6) is 0.0271. The molecular weight excluding hydrogens is 436 g/mol. The largest absolute Gasteiger partial charge is 0.490 e. The third kappa shape index (κ3) is 4.39. The number of carboxylic acid groups (broad SMARTS) is 1. The fourth-order valence-electron chi connectivity index (χ4n) is 4.92. The zero-order chi connectivity index (χ0) is 24.8. The number of nitrogens with zero attached hydrogens (tertiary/aromatic N) is 2. The zero-order valence-corrected chi connectivity index (χ0v) is 20.8. The highest BCUT2D eigenvalue weighted by Crippen LogP contribution is 2.50. The van der Waals surface area contributed by atoms with Crippen molar-refractivity contribution < 1.29 is 24.1 Å². The minimum absolute atomic E-state index is 0.0201. The van der Waals surface area contributed by atoms with Crippen LogP contribution in [-0.4, -0.2) is 47.2 Å². The first kappa shape index (κ1) is 24.1. The first-order valence-electron chi connectivity index (χ1n) is 11.7. The maximum atomic E-state index is 12.7. The van der Waals surface area contributed by atoms with Gasteiger partial charge in [-0.1, -0.05) is 0 Å². The van der Waals surface area contributed by atoms with E-state index in [4.69, 9.17) is 14.2 Å². The first-order valence-corrected chi connectivity index (χ1v) is 11.7. The Labute approximate surface area is 200 Å². The predicted molar refractivity (Wildman–Crippen MR) is 130 cm³/mol. The SMILES string of the molecule is COCCCOc1cc2c(cc1OC(C)(C)C)-c1cc(=O)c(C(=O)O)cn1N1[C@H]2CCC1(C)C. The van der Waals surface area contributed by atoms with Gasteiger partial charge in [0.15, 0.2) is 16.9 Å². The van der Waals surface area contributed by atoms with Crippen LogP contribution in [0.3, 0.4) is 0 Å². The van der Waals surface area contributed by atoms with Crippen LogP contribution in [0, 0.1) is 0 Å². The number of hydrogen-bond donors (Lipinski definition) is 1. The van der Waals surface area contributed by atoms with E-state index in [0.717, 1.165) is 30.4 Å². The Balaban J connectivity index is 1.91. The van der Waals surface area contributed by atoms with Crippen LogP contribution in [0.2, 0.25) is 0 Å². The summed E-state index contributed by atoms with van der Waals surface area (Å²) in [5.41, 5.74) is 1.13. The van der Waals surface area contributed by atoms with Crippen molar-refractivity contribution in [2.45, 2.75) is 71.1 Å². The van der Waals surface area contributed by atoms with E-state index in [1.54, 1.807) is 7.11 Å². The third-order valence-electron chi connectivity index (χ3n) is 6.36. The molecule has 3 heterocycles. The van der Waals surface area contributed by atoms with Gasteiger partial charge in [-0.15, -0.1) is 0 Å². The van der Waals surface area contributed by atoms with Gasteiger partial charge < -0.3 is 19.3 Å². The number of aromatic carboxylic acids is 1. The van der Waals surface area contributed by atoms with Crippen molar-refractivity contribution in [2.75, 3.05) is 25.3 Å². The number of carbonyl (C=O) groups is 1. The molecule has 1 aromatic heterocycles. The number of hydrogen-bond acceptors (Lipinski definition) is 6. The lowest BCUT2D eigenvalue weighted by Crippen LogP contribution is -2.50. The Morgan fingerprint density at radius 1 is 1.18 bits per heavy atom. The van der Waals surface area contributed by atoms with Gasteiger partial charge in [-0.2, -0.15) is 0 Å². The van der Waals surface area contributed by atoms with Crippen molar-refractivity contribution >= 4 is 5.97 Å². The summed E-state index contributed by atoms with van der Waals surface area (Å²) in [6.45, 7) is 11.3. The number of rotatable bonds is 7. The van der Waals surface area contributed by atoms with Crippen molar-refractivity contribution in [3.05, 3.63) is 45.7 Å². The summed E-state index contributed by atoms with van der Waals surface area (Å²) >= 11 is 0. The van der Waals surface area contributed by atoms with E-state index < -0.39 is 17.0 Å². The number of methoxy groups -OCH3 is 1. The number of pyridine rings is 1. The Kier molecular flexibility index (Phi) is 6.14. The van der Waals surface area contributed by atoms with Crippen LogP contribution in [0.15, 0.2) is 29.2 Å². The number of carboxylic acids is 1. The van der Waals surface area contributed by atoms with Crippen LogP contribution >= 0.6 is 0 Å². The highest BCUT2D eigenvalue weighted by molar-refractivity contribution is 5.88. The molecule has 0 aliphatic carbocycles. The summed E-state index contributed by atoms with van der Waals surface area (Å²) in [7, 11) is 1.67. The van der Waals surface area contributed by atoms with E-state index in [1.165, 1.54) is 12.3 Å². The molecule has 0 spiro atoms. The molecule has 1 fully saturated rings. The minimum atomic E-state index is -1.23. The van der Waals surface area contributed by atoms with Crippen LogP contribution in [0.25, 0.3) is 11.3 Å². The van der Waals surface area contributed by atoms with Crippen molar-refractivity contribution in [2.24, 2.45) is 0 Å². The first-order chi connectivity index (χ1) is 15.9. The van der Waals surface area contributed by atoms with Gasteiger partial charge in [0.1, 0.15) is 11.2 Å². The molecule has 0 saturated carbocycles. The molecule has 0 radical (unpaired) electrons. The van der Waals surface area contributed by atoms with Crippen molar-refractivity contribution in [1.29, 1.82) is 0 Å². The monoisotopic (exact) mass is 470 g/mol. The molecule has 1 N–H and O–H groups in total. The molecule has 0 amide bonds. The summed E-state index contributed by atoms with van der Waals surface area (Å²) in [6, 6.07) is 5.40. The van der Waals surface area contributed by atoms with Gasteiger partial charge in [0.05, 0.1) is 23.9 Å². The molecule has 8 heteroatoms. The Morgan fingerprint density at radius 3 is 2.56 bits per heavy atom. The van der Waals surface area contributed by atoms with E-state index in [9.17, 15) is 14.7 Å². The van der Waals surface area contributed by atoms with Gasteiger partial charge in [-0.05, 0) is 65.2 Å². The highest BCUT2D eigenvalue weighted by Gasteiger charge is 2.45. The summed E-state index contributed by atoms with van der Waals surface area (Å²) in [5, 5.41) is 11.8. The van der Waals surface area contributed by atoms with Gasteiger partial charge in [-0.25, -0.2) is 4.79 Å². The summed E-state index contributed by atoms with van der Waals surface area (Å²) in [4.78, 5) is 24.4. The van der Waals surface area contributed by atoms with Crippen LogP contribution in [-0.2, 0) is 4.74 Å². The van der Waals surface area contributed by atoms with Crippen LogP contribution in [0.1, 0.15) is 75.8 Å². The maximum Gasteiger partial charge on any atom is 0.341 e. The second kappa shape index (κ2) is 8.65. The van der Waals surface area contributed by atoms with Crippen LogP contribution in [0.4, 0.5) is 0 Å². The average molecular weight is 471 g/mol. The van der Waals surface area contributed by atoms with Gasteiger partial charge >= 0.3 is 5.97 Å². The third-order valence-corrected chi connectivity index (χ3v) is 6.36. The Bertz CT molecular complexity index is 1160. The van der Waals surface area contributed by atoms with E-state index in [1.807, 2.05) is 37.6 Å². The number of fused-ring (bicyclic) bond motifs is 6. The Morgan fingerprint density at radius 2 is 1.91 bits per heavy atom. The number of aromatic nitrogens is 1. The molecule has 1 atom stereocenters. The molecule has 4 rings (SSSR count). The highest BCUT2D eigenvalue weighted by atomic mass is 16.5. The molecule has 1 saturated heterocycles. The molecule has 2 aromatic rings. The standard InChI is InChI=1S/C26H34N2O6/c1-25(2,3)34-23-13-17-16(12-22(23)33-11-7-10-32-6)19-8-9-26(4,5)28(19)27-15-18(24(30)31)21(29)14-20(17)27/h12-15,19H,7-11H2,1-6H3,(H,30,31)/t19-/m0/s1.